The molecule has 1 aliphatic heterocycles. The van der Waals surface area contributed by atoms with E-state index in [1.54, 1.807) is 6.07 Å². The number of piperazine rings is 1. The standard InChI is InChI=1S/C12H16F3N3/c1-2-9-8-16-5-6-18(9)10-3-4-17-11(7-10)12(13,14)15/h3-4,7,9,16H,2,5-6,8H2,1H3. The fraction of sp³-hybridized carbons (Fsp3) is 0.583. The Balaban J connectivity index is 2.27. The summed E-state index contributed by atoms with van der Waals surface area (Å²) in [7, 11) is 0. The zero-order valence-corrected chi connectivity index (χ0v) is 10.2. The summed E-state index contributed by atoms with van der Waals surface area (Å²) < 4.78 is 37.9. The van der Waals surface area contributed by atoms with Crippen LogP contribution in [0.4, 0.5) is 18.9 Å². The monoisotopic (exact) mass is 259 g/mol. The van der Waals surface area contributed by atoms with E-state index in [0.29, 0.717) is 5.69 Å². The second-order valence-corrected chi connectivity index (χ2v) is 4.36. The molecule has 0 aromatic carbocycles. The molecule has 2 rings (SSSR count). The molecular weight excluding hydrogens is 243 g/mol. The van der Waals surface area contributed by atoms with Crippen molar-refractivity contribution >= 4 is 5.69 Å². The fourth-order valence-electron chi connectivity index (χ4n) is 2.22. The van der Waals surface area contributed by atoms with Crippen LogP contribution in [-0.4, -0.2) is 30.7 Å². The number of nitrogens with one attached hydrogen (secondary N) is 1. The number of pyridine rings is 1. The number of hydrogen-bond donors (Lipinski definition) is 1. The van der Waals surface area contributed by atoms with Crippen LogP contribution in [-0.2, 0) is 6.18 Å². The Hall–Kier alpha value is -1.30. The molecule has 0 amide bonds. The SMILES string of the molecule is CCC1CNCCN1c1ccnc(C(F)(F)F)c1. The number of nitrogens with zero attached hydrogens (tertiary/aromatic N) is 2. The van der Waals surface area contributed by atoms with E-state index in [1.807, 2.05) is 11.8 Å². The number of aromatic nitrogens is 1. The number of anilines is 1. The Bertz CT molecular complexity index is 406. The van der Waals surface area contributed by atoms with Gasteiger partial charge < -0.3 is 10.2 Å². The van der Waals surface area contributed by atoms with Gasteiger partial charge in [-0.2, -0.15) is 13.2 Å². The molecule has 1 aliphatic rings. The quantitative estimate of drug-likeness (QED) is 0.883. The van der Waals surface area contributed by atoms with Crippen molar-refractivity contribution in [3.8, 4) is 0 Å². The van der Waals surface area contributed by atoms with E-state index >= 15 is 0 Å². The Kier molecular flexibility index (Phi) is 3.75. The van der Waals surface area contributed by atoms with Crippen molar-refractivity contribution in [3.63, 3.8) is 0 Å². The summed E-state index contributed by atoms with van der Waals surface area (Å²) >= 11 is 0. The van der Waals surface area contributed by atoms with Gasteiger partial charge in [0, 0.05) is 37.6 Å². The van der Waals surface area contributed by atoms with Crippen molar-refractivity contribution in [2.45, 2.75) is 25.6 Å². The third kappa shape index (κ3) is 2.75. The lowest BCUT2D eigenvalue weighted by Crippen LogP contribution is -2.51. The summed E-state index contributed by atoms with van der Waals surface area (Å²) in [5.41, 5.74) is -0.223. The van der Waals surface area contributed by atoms with Crippen LogP contribution in [0.5, 0.6) is 0 Å². The van der Waals surface area contributed by atoms with Crippen molar-refractivity contribution in [2.75, 3.05) is 24.5 Å². The molecule has 1 aromatic heterocycles. The lowest BCUT2D eigenvalue weighted by Gasteiger charge is -2.37. The molecule has 18 heavy (non-hydrogen) atoms. The van der Waals surface area contributed by atoms with Crippen LogP contribution in [0.1, 0.15) is 19.0 Å². The Morgan fingerprint density at radius 1 is 1.50 bits per heavy atom. The summed E-state index contributed by atoms with van der Waals surface area (Å²) in [6.07, 6.45) is -2.25. The summed E-state index contributed by atoms with van der Waals surface area (Å²) in [5.74, 6) is 0. The highest BCUT2D eigenvalue weighted by molar-refractivity contribution is 5.48. The molecule has 1 atom stereocenters. The third-order valence-electron chi connectivity index (χ3n) is 3.19. The highest BCUT2D eigenvalue weighted by atomic mass is 19.4. The van der Waals surface area contributed by atoms with E-state index in [2.05, 4.69) is 10.3 Å². The molecular formula is C12H16F3N3. The summed E-state index contributed by atoms with van der Waals surface area (Å²) in [6.45, 7) is 4.36. The number of alkyl halides is 3. The fourth-order valence-corrected chi connectivity index (χ4v) is 2.22. The van der Waals surface area contributed by atoms with Crippen LogP contribution in [0.3, 0.4) is 0 Å². The van der Waals surface area contributed by atoms with Gasteiger partial charge in [0.15, 0.2) is 0 Å². The van der Waals surface area contributed by atoms with E-state index in [0.717, 1.165) is 32.1 Å². The van der Waals surface area contributed by atoms with Crippen LogP contribution < -0.4 is 10.2 Å². The van der Waals surface area contributed by atoms with Gasteiger partial charge in [0.1, 0.15) is 5.69 Å². The van der Waals surface area contributed by atoms with Gasteiger partial charge in [0.2, 0.25) is 0 Å². The van der Waals surface area contributed by atoms with E-state index in [9.17, 15) is 13.2 Å². The minimum absolute atomic E-state index is 0.238. The van der Waals surface area contributed by atoms with Gasteiger partial charge in [-0.3, -0.25) is 4.98 Å². The summed E-state index contributed by atoms with van der Waals surface area (Å²) in [6, 6.07) is 3.01. The van der Waals surface area contributed by atoms with Crippen molar-refractivity contribution in [1.82, 2.24) is 10.3 Å². The first-order chi connectivity index (χ1) is 8.52. The van der Waals surface area contributed by atoms with Gasteiger partial charge >= 0.3 is 6.18 Å². The van der Waals surface area contributed by atoms with Crippen LogP contribution in [0.25, 0.3) is 0 Å². The Morgan fingerprint density at radius 3 is 2.94 bits per heavy atom. The summed E-state index contributed by atoms with van der Waals surface area (Å²) in [4.78, 5) is 5.41. The van der Waals surface area contributed by atoms with Crippen LogP contribution in [0.2, 0.25) is 0 Å². The van der Waals surface area contributed by atoms with E-state index in [4.69, 9.17) is 0 Å². The van der Waals surface area contributed by atoms with Gasteiger partial charge in [-0.05, 0) is 18.6 Å². The Morgan fingerprint density at radius 2 is 2.28 bits per heavy atom. The molecule has 1 saturated heterocycles. The second kappa shape index (κ2) is 5.14. The first-order valence-electron chi connectivity index (χ1n) is 6.03. The maximum Gasteiger partial charge on any atom is 0.433 e. The van der Waals surface area contributed by atoms with E-state index < -0.39 is 11.9 Å². The van der Waals surface area contributed by atoms with Crippen LogP contribution >= 0.6 is 0 Å². The van der Waals surface area contributed by atoms with Crippen molar-refractivity contribution in [1.29, 1.82) is 0 Å². The number of hydrogen-bond acceptors (Lipinski definition) is 3. The summed E-state index contributed by atoms with van der Waals surface area (Å²) in [5, 5.41) is 3.25. The molecule has 3 nitrogen and oxygen atoms in total. The largest absolute Gasteiger partial charge is 0.433 e. The first kappa shape index (κ1) is 13.1. The van der Waals surface area contributed by atoms with Crippen molar-refractivity contribution in [3.05, 3.63) is 24.0 Å². The molecule has 1 unspecified atom stereocenters. The minimum atomic E-state index is -4.38. The normalized spacial score (nSPS) is 21.1. The zero-order valence-electron chi connectivity index (χ0n) is 10.2. The predicted octanol–water partition coefficient (Wildman–Crippen LogP) is 2.29. The molecule has 1 aromatic rings. The minimum Gasteiger partial charge on any atom is -0.366 e. The lowest BCUT2D eigenvalue weighted by atomic mass is 10.1. The molecule has 0 bridgehead atoms. The molecule has 6 heteroatoms. The van der Waals surface area contributed by atoms with Crippen molar-refractivity contribution < 1.29 is 13.2 Å². The molecule has 100 valence electrons. The van der Waals surface area contributed by atoms with Gasteiger partial charge in [0.05, 0.1) is 0 Å². The topological polar surface area (TPSA) is 28.2 Å². The molecule has 2 heterocycles. The Labute approximate surface area is 104 Å². The van der Waals surface area contributed by atoms with Crippen LogP contribution in [0, 0.1) is 0 Å². The van der Waals surface area contributed by atoms with Crippen molar-refractivity contribution in [2.24, 2.45) is 0 Å². The number of halogens is 3. The van der Waals surface area contributed by atoms with Gasteiger partial charge in [0.25, 0.3) is 0 Å². The predicted molar refractivity (Wildman–Crippen MR) is 63.5 cm³/mol. The van der Waals surface area contributed by atoms with Gasteiger partial charge in [-0.1, -0.05) is 6.92 Å². The smallest absolute Gasteiger partial charge is 0.366 e. The molecule has 0 radical (unpaired) electrons. The average Bonchev–Trinajstić information content (AvgIpc) is 2.38. The molecule has 0 spiro atoms. The maximum absolute atomic E-state index is 12.6. The molecule has 0 aliphatic carbocycles. The lowest BCUT2D eigenvalue weighted by molar-refractivity contribution is -0.141. The average molecular weight is 259 g/mol. The van der Waals surface area contributed by atoms with Gasteiger partial charge in [-0.25, -0.2) is 0 Å². The zero-order chi connectivity index (χ0) is 13.2. The van der Waals surface area contributed by atoms with E-state index in [1.165, 1.54) is 6.20 Å². The van der Waals surface area contributed by atoms with Gasteiger partial charge in [-0.15, -0.1) is 0 Å². The first-order valence-corrected chi connectivity index (χ1v) is 6.03. The highest BCUT2D eigenvalue weighted by Crippen LogP contribution is 2.30. The molecule has 0 saturated carbocycles. The third-order valence-corrected chi connectivity index (χ3v) is 3.19. The molecule has 1 fully saturated rings. The van der Waals surface area contributed by atoms with Crippen LogP contribution in [0.15, 0.2) is 18.3 Å². The molecule has 1 N–H and O–H groups in total. The highest BCUT2D eigenvalue weighted by Gasteiger charge is 2.33. The second-order valence-electron chi connectivity index (χ2n) is 4.36. The maximum atomic E-state index is 12.6. The number of rotatable bonds is 2. The van der Waals surface area contributed by atoms with E-state index in [-0.39, 0.29) is 6.04 Å².